The van der Waals surface area contributed by atoms with E-state index < -0.39 is 0 Å². The molecule has 3 aromatic rings. The van der Waals surface area contributed by atoms with Crippen LogP contribution in [0.1, 0.15) is 52.2 Å². The molecule has 0 aliphatic carbocycles. The number of anilines is 1. The minimum atomic E-state index is -0.246. The topological polar surface area (TPSA) is 84.0 Å². The van der Waals surface area contributed by atoms with E-state index in [-0.39, 0.29) is 11.8 Å². The SMILES string of the molecule is CCCNC(=O)c1cc(-c2ncc(SCC)cc2C(=O)Nc2cc(C)cc(C)c2)ccn1. The van der Waals surface area contributed by atoms with Crippen LogP contribution in [0, 0.1) is 13.8 Å². The largest absolute Gasteiger partial charge is 0.351 e. The highest BCUT2D eigenvalue weighted by Crippen LogP contribution is 2.27. The van der Waals surface area contributed by atoms with Gasteiger partial charge in [0, 0.05) is 35.1 Å². The van der Waals surface area contributed by atoms with Gasteiger partial charge in [0.05, 0.1) is 11.3 Å². The van der Waals surface area contributed by atoms with Crippen LogP contribution in [-0.4, -0.2) is 34.1 Å². The third kappa shape index (κ3) is 5.95. The van der Waals surface area contributed by atoms with Gasteiger partial charge in [-0.1, -0.05) is 19.9 Å². The summed E-state index contributed by atoms with van der Waals surface area (Å²) in [4.78, 5) is 35.3. The number of amides is 2. The first-order chi connectivity index (χ1) is 15.4. The molecule has 3 rings (SSSR count). The van der Waals surface area contributed by atoms with Gasteiger partial charge in [0.1, 0.15) is 5.69 Å². The summed E-state index contributed by atoms with van der Waals surface area (Å²) in [6, 6.07) is 11.2. The number of hydrogen-bond acceptors (Lipinski definition) is 5. The van der Waals surface area contributed by atoms with Crippen molar-refractivity contribution in [3.05, 3.63) is 71.2 Å². The van der Waals surface area contributed by atoms with E-state index in [0.29, 0.717) is 29.1 Å². The maximum atomic E-state index is 13.3. The number of nitrogens with zero attached hydrogens (tertiary/aromatic N) is 2. The van der Waals surface area contributed by atoms with Crippen LogP contribution < -0.4 is 10.6 Å². The number of aromatic nitrogens is 2. The molecule has 1 aromatic carbocycles. The zero-order valence-electron chi connectivity index (χ0n) is 18.9. The van der Waals surface area contributed by atoms with Crippen LogP contribution in [0.15, 0.2) is 53.7 Å². The predicted octanol–water partition coefficient (Wildman–Crippen LogP) is 5.26. The molecule has 166 valence electrons. The molecule has 7 heteroatoms. The predicted molar refractivity (Wildman–Crippen MR) is 130 cm³/mol. The molecule has 0 aliphatic heterocycles. The quantitative estimate of drug-likeness (QED) is 0.459. The van der Waals surface area contributed by atoms with Crippen LogP contribution in [0.25, 0.3) is 11.3 Å². The van der Waals surface area contributed by atoms with Gasteiger partial charge in [0.15, 0.2) is 0 Å². The van der Waals surface area contributed by atoms with Crippen molar-refractivity contribution >= 4 is 29.3 Å². The molecule has 0 saturated carbocycles. The highest BCUT2D eigenvalue weighted by atomic mass is 32.2. The summed E-state index contributed by atoms with van der Waals surface area (Å²) in [6.07, 6.45) is 4.17. The molecule has 2 heterocycles. The fraction of sp³-hybridized carbons (Fsp3) is 0.280. The summed E-state index contributed by atoms with van der Waals surface area (Å²) >= 11 is 1.62. The maximum Gasteiger partial charge on any atom is 0.269 e. The van der Waals surface area contributed by atoms with Crippen LogP contribution in [0.5, 0.6) is 0 Å². The van der Waals surface area contributed by atoms with E-state index >= 15 is 0 Å². The summed E-state index contributed by atoms with van der Waals surface area (Å²) in [5, 5.41) is 5.83. The summed E-state index contributed by atoms with van der Waals surface area (Å²) in [7, 11) is 0. The van der Waals surface area contributed by atoms with E-state index in [4.69, 9.17) is 0 Å². The fourth-order valence-electron chi connectivity index (χ4n) is 3.37. The lowest BCUT2D eigenvalue weighted by molar-refractivity contribution is 0.0948. The van der Waals surface area contributed by atoms with Gasteiger partial charge in [-0.25, -0.2) is 0 Å². The second-order valence-electron chi connectivity index (χ2n) is 7.52. The second kappa shape index (κ2) is 10.9. The highest BCUT2D eigenvalue weighted by molar-refractivity contribution is 7.99. The highest BCUT2D eigenvalue weighted by Gasteiger charge is 2.18. The number of carbonyl (C=O) groups is 2. The van der Waals surface area contributed by atoms with Gasteiger partial charge in [-0.2, -0.15) is 0 Å². The molecule has 32 heavy (non-hydrogen) atoms. The fourth-order valence-corrected chi connectivity index (χ4v) is 4.03. The molecule has 0 aliphatic rings. The van der Waals surface area contributed by atoms with E-state index in [1.165, 1.54) is 0 Å². The lowest BCUT2D eigenvalue weighted by atomic mass is 10.0. The Morgan fingerprint density at radius 1 is 0.969 bits per heavy atom. The zero-order chi connectivity index (χ0) is 23.1. The van der Waals surface area contributed by atoms with Crippen molar-refractivity contribution in [2.45, 2.75) is 39.0 Å². The number of nitrogens with one attached hydrogen (secondary N) is 2. The molecule has 0 bridgehead atoms. The Bertz CT molecular complexity index is 1110. The van der Waals surface area contributed by atoms with Crippen molar-refractivity contribution in [3.63, 3.8) is 0 Å². The molecule has 2 N–H and O–H groups in total. The van der Waals surface area contributed by atoms with Crippen LogP contribution in [0.4, 0.5) is 5.69 Å². The Morgan fingerprint density at radius 3 is 2.41 bits per heavy atom. The molecule has 0 saturated heterocycles. The van der Waals surface area contributed by atoms with E-state index in [1.807, 2.05) is 39.0 Å². The van der Waals surface area contributed by atoms with E-state index in [0.717, 1.165) is 33.9 Å². The van der Waals surface area contributed by atoms with E-state index in [2.05, 4.69) is 33.6 Å². The number of aryl methyl sites for hydroxylation is 2. The first kappa shape index (κ1) is 23.5. The third-order valence-electron chi connectivity index (χ3n) is 4.70. The van der Waals surface area contributed by atoms with E-state index in [9.17, 15) is 9.59 Å². The molecule has 0 fully saturated rings. The molecular formula is C25H28N4O2S. The third-order valence-corrected chi connectivity index (χ3v) is 5.54. The first-order valence-corrected chi connectivity index (χ1v) is 11.7. The summed E-state index contributed by atoms with van der Waals surface area (Å²) < 4.78 is 0. The van der Waals surface area contributed by atoms with Gasteiger partial charge in [0.25, 0.3) is 11.8 Å². The van der Waals surface area contributed by atoms with Crippen molar-refractivity contribution in [1.82, 2.24) is 15.3 Å². The Kier molecular flexibility index (Phi) is 8.00. The maximum absolute atomic E-state index is 13.3. The number of hydrogen-bond donors (Lipinski definition) is 2. The molecule has 0 spiro atoms. The summed E-state index contributed by atoms with van der Waals surface area (Å²) in [6.45, 7) is 8.62. The molecular weight excluding hydrogens is 420 g/mol. The van der Waals surface area contributed by atoms with Crippen molar-refractivity contribution in [3.8, 4) is 11.3 Å². The zero-order valence-corrected chi connectivity index (χ0v) is 19.7. The molecule has 2 amide bonds. The van der Waals surface area contributed by atoms with Crippen molar-refractivity contribution in [2.75, 3.05) is 17.6 Å². The molecule has 6 nitrogen and oxygen atoms in total. The van der Waals surface area contributed by atoms with Crippen LogP contribution in [0.3, 0.4) is 0 Å². The Balaban J connectivity index is 1.99. The normalized spacial score (nSPS) is 10.6. The van der Waals surface area contributed by atoms with Gasteiger partial charge in [-0.15, -0.1) is 11.8 Å². The van der Waals surface area contributed by atoms with Crippen molar-refractivity contribution in [2.24, 2.45) is 0 Å². The minimum Gasteiger partial charge on any atom is -0.351 e. The van der Waals surface area contributed by atoms with Gasteiger partial charge in [0.2, 0.25) is 0 Å². The van der Waals surface area contributed by atoms with Gasteiger partial charge >= 0.3 is 0 Å². The lowest BCUT2D eigenvalue weighted by Crippen LogP contribution is -2.24. The second-order valence-corrected chi connectivity index (χ2v) is 8.85. The number of pyridine rings is 2. The standard InChI is InChI=1S/C25H28N4O2S/c1-5-8-27-25(31)22-13-18(7-9-26-22)23-21(14-20(15-28-23)32-6-2)24(30)29-19-11-16(3)10-17(4)12-19/h7,9-15H,5-6,8H2,1-4H3,(H,27,31)(H,29,30). The number of thioether (sulfide) groups is 1. The van der Waals surface area contributed by atoms with Gasteiger partial charge in [-0.05, 0) is 67.5 Å². The molecule has 0 radical (unpaired) electrons. The monoisotopic (exact) mass is 448 g/mol. The van der Waals surface area contributed by atoms with Crippen molar-refractivity contribution < 1.29 is 9.59 Å². The Morgan fingerprint density at radius 2 is 1.72 bits per heavy atom. The number of benzene rings is 1. The number of carbonyl (C=O) groups excluding carboxylic acids is 2. The first-order valence-electron chi connectivity index (χ1n) is 10.7. The number of rotatable bonds is 8. The van der Waals surface area contributed by atoms with Crippen LogP contribution in [-0.2, 0) is 0 Å². The van der Waals surface area contributed by atoms with Crippen LogP contribution >= 0.6 is 11.8 Å². The minimum absolute atomic E-state index is 0.243. The summed E-state index contributed by atoms with van der Waals surface area (Å²) in [5.41, 5.74) is 4.82. The van der Waals surface area contributed by atoms with Gasteiger partial charge < -0.3 is 10.6 Å². The molecule has 0 unspecified atom stereocenters. The Labute approximate surface area is 193 Å². The van der Waals surface area contributed by atoms with E-state index in [1.54, 1.807) is 36.3 Å². The summed E-state index contributed by atoms with van der Waals surface area (Å²) in [5.74, 6) is 0.383. The van der Waals surface area contributed by atoms with Crippen molar-refractivity contribution in [1.29, 1.82) is 0 Å². The molecule has 0 atom stereocenters. The average Bonchev–Trinajstić information content (AvgIpc) is 2.77. The smallest absolute Gasteiger partial charge is 0.269 e. The Hall–Kier alpha value is -3.19. The van der Waals surface area contributed by atoms with Crippen LogP contribution in [0.2, 0.25) is 0 Å². The lowest BCUT2D eigenvalue weighted by Gasteiger charge is -2.13. The van der Waals surface area contributed by atoms with Gasteiger partial charge in [-0.3, -0.25) is 19.6 Å². The average molecular weight is 449 g/mol. The molecule has 2 aromatic heterocycles.